The molecule has 0 unspecified atom stereocenters. The summed E-state index contributed by atoms with van der Waals surface area (Å²) in [5.74, 6) is 1.63. The minimum absolute atomic E-state index is 0. The lowest BCUT2D eigenvalue weighted by Crippen LogP contribution is -2.52. The van der Waals surface area contributed by atoms with Crippen molar-refractivity contribution in [2.24, 2.45) is 10.9 Å². The summed E-state index contributed by atoms with van der Waals surface area (Å²) in [6.07, 6.45) is 7.50. The summed E-state index contributed by atoms with van der Waals surface area (Å²) in [6.45, 7) is 10.2. The maximum atomic E-state index is 12.3. The lowest BCUT2D eigenvalue weighted by Gasteiger charge is -2.38. The quantitative estimate of drug-likeness (QED) is 0.309. The average Bonchev–Trinajstić information content (AvgIpc) is 2.66. The van der Waals surface area contributed by atoms with Gasteiger partial charge < -0.3 is 20.4 Å². The first-order valence-corrected chi connectivity index (χ1v) is 10.9. The molecular formula is C20H39IN6O. The van der Waals surface area contributed by atoms with Crippen LogP contribution in [0.25, 0.3) is 0 Å². The van der Waals surface area contributed by atoms with E-state index in [1.165, 1.54) is 38.8 Å². The van der Waals surface area contributed by atoms with Crippen molar-refractivity contribution in [1.82, 2.24) is 25.3 Å². The largest absolute Gasteiger partial charge is 0.355 e. The van der Waals surface area contributed by atoms with Gasteiger partial charge in [-0.3, -0.25) is 14.7 Å². The molecule has 162 valence electrons. The lowest BCUT2D eigenvalue weighted by molar-refractivity contribution is -0.139. The fourth-order valence-electron chi connectivity index (χ4n) is 4.17. The molecule has 0 spiro atoms. The lowest BCUT2D eigenvalue weighted by atomic mass is 9.84. The first-order valence-electron chi connectivity index (χ1n) is 10.9. The summed E-state index contributed by atoms with van der Waals surface area (Å²) in [6, 6.07) is 0. The van der Waals surface area contributed by atoms with Crippen LogP contribution in [0.3, 0.4) is 0 Å². The van der Waals surface area contributed by atoms with E-state index < -0.39 is 0 Å². The maximum absolute atomic E-state index is 12.3. The molecule has 2 heterocycles. The smallest absolute Gasteiger partial charge is 0.225 e. The Kier molecular flexibility index (Phi) is 10.9. The van der Waals surface area contributed by atoms with Crippen LogP contribution in [-0.4, -0.2) is 99.1 Å². The van der Waals surface area contributed by atoms with Crippen LogP contribution in [0.15, 0.2) is 4.99 Å². The van der Waals surface area contributed by atoms with Gasteiger partial charge in [0.2, 0.25) is 5.91 Å². The van der Waals surface area contributed by atoms with Gasteiger partial charge in [-0.2, -0.15) is 0 Å². The minimum Gasteiger partial charge on any atom is -0.355 e. The van der Waals surface area contributed by atoms with Gasteiger partial charge in [0.1, 0.15) is 0 Å². The molecule has 0 bridgehead atoms. The van der Waals surface area contributed by atoms with Gasteiger partial charge in [-0.25, -0.2) is 0 Å². The van der Waals surface area contributed by atoms with Crippen molar-refractivity contribution in [3.05, 3.63) is 0 Å². The Morgan fingerprint density at radius 3 is 1.93 bits per heavy atom. The van der Waals surface area contributed by atoms with Crippen molar-refractivity contribution in [2.75, 3.05) is 72.5 Å². The normalized spacial score (nSPS) is 22.3. The fraction of sp³-hybridized carbons (Fsp3) is 0.900. The monoisotopic (exact) mass is 506 g/mol. The maximum Gasteiger partial charge on any atom is 0.225 e. The van der Waals surface area contributed by atoms with E-state index in [-0.39, 0.29) is 24.0 Å². The molecule has 3 rings (SSSR count). The highest BCUT2D eigenvalue weighted by Gasteiger charge is 2.30. The molecular weight excluding hydrogens is 467 g/mol. The average molecular weight is 506 g/mol. The first-order chi connectivity index (χ1) is 13.3. The highest BCUT2D eigenvalue weighted by Crippen LogP contribution is 2.28. The number of nitrogens with zero attached hydrogens (tertiary/aromatic N) is 4. The zero-order chi connectivity index (χ0) is 18.9. The van der Waals surface area contributed by atoms with Gasteiger partial charge in [0.05, 0.1) is 0 Å². The minimum atomic E-state index is 0. The third-order valence-electron chi connectivity index (χ3n) is 6.25. The Labute approximate surface area is 187 Å². The Morgan fingerprint density at radius 1 is 0.857 bits per heavy atom. The molecule has 3 aliphatic rings. The van der Waals surface area contributed by atoms with E-state index in [9.17, 15) is 4.79 Å². The molecule has 0 aromatic rings. The molecule has 2 saturated heterocycles. The highest BCUT2D eigenvalue weighted by atomic mass is 127. The Hall–Kier alpha value is -0.610. The number of piperidine rings is 1. The van der Waals surface area contributed by atoms with Gasteiger partial charge in [-0.15, -0.1) is 24.0 Å². The van der Waals surface area contributed by atoms with Gasteiger partial charge >= 0.3 is 0 Å². The zero-order valence-electron chi connectivity index (χ0n) is 17.5. The van der Waals surface area contributed by atoms with Crippen LogP contribution < -0.4 is 10.6 Å². The molecule has 28 heavy (non-hydrogen) atoms. The van der Waals surface area contributed by atoms with Gasteiger partial charge in [0, 0.05) is 65.3 Å². The molecule has 2 aliphatic heterocycles. The van der Waals surface area contributed by atoms with Crippen LogP contribution in [0, 0.1) is 5.92 Å². The molecule has 0 aromatic carbocycles. The van der Waals surface area contributed by atoms with Crippen molar-refractivity contribution in [3.8, 4) is 0 Å². The van der Waals surface area contributed by atoms with E-state index in [1.54, 1.807) is 0 Å². The van der Waals surface area contributed by atoms with Crippen molar-refractivity contribution in [1.29, 1.82) is 0 Å². The Morgan fingerprint density at radius 2 is 1.43 bits per heavy atom. The summed E-state index contributed by atoms with van der Waals surface area (Å²) in [7, 11) is 1.83. The number of aliphatic imine (C=N–C) groups is 1. The summed E-state index contributed by atoms with van der Waals surface area (Å²) in [5, 5.41) is 6.85. The molecule has 0 atom stereocenters. The molecule has 1 aliphatic carbocycles. The number of amides is 1. The second-order valence-electron chi connectivity index (χ2n) is 8.12. The number of halogens is 1. The predicted molar refractivity (Wildman–Crippen MR) is 125 cm³/mol. The van der Waals surface area contributed by atoms with Crippen molar-refractivity contribution in [3.63, 3.8) is 0 Å². The van der Waals surface area contributed by atoms with Gasteiger partial charge in [-0.1, -0.05) is 12.8 Å². The van der Waals surface area contributed by atoms with Crippen LogP contribution in [0.1, 0.15) is 38.5 Å². The number of guanidine groups is 1. The van der Waals surface area contributed by atoms with Crippen LogP contribution in [0.5, 0.6) is 0 Å². The van der Waals surface area contributed by atoms with E-state index in [0.717, 1.165) is 71.2 Å². The number of nitrogens with one attached hydrogen (secondary N) is 2. The molecule has 3 fully saturated rings. The summed E-state index contributed by atoms with van der Waals surface area (Å²) >= 11 is 0. The number of carbonyl (C=O) groups excluding carboxylic acids is 1. The third-order valence-corrected chi connectivity index (χ3v) is 6.25. The van der Waals surface area contributed by atoms with E-state index in [1.807, 2.05) is 7.05 Å². The summed E-state index contributed by atoms with van der Waals surface area (Å²) in [4.78, 5) is 23.7. The molecule has 2 N–H and O–H groups in total. The van der Waals surface area contributed by atoms with Crippen LogP contribution in [-0.2, 0) is 4.79 Å². The number of hydrogen-bond acceptors (Lipinski definition) is 4. The molecule has 0 aromatic heterocycles. The molecule has 1 amide bonds. The predicted octanol–water partition coefficient (Wildman–Crippen LogP) is 1.20. The van der Waals surface area contributed by atoms with E-state index in [4.69, 9.17) is 0 Å². The van der Waals surface area contributed by atoms with Gasteiger partial charge in [0.25, 0.3) is 0 Å². The van der Waals surface area contributed by atoms with Crippen LogP contribution in [0.4, 0.5) is 0 Å². The van der Waals surface area contributed by atoms with Crippen LogP contribution in [0.2, 0.25) is 0 Å². The number of piperazine rings is 1. The van der Waals surface area contributed by atoms with Gasteiger partial charge in [-0.05, 0) is 38.8 Å². The SMILES string of the molecule is CN=C(NCCN1CCCCC1)NCCN1CCN(C(=O)C2CCC2)CC1.I. The second kappa shape index (κ2) is 12.8. The zero-order valence-corrected chi connectivity index (χ0v) is 19.8. The molecule has 8 heteroatoms. The number of hydrogen-bond donors (Lipinski definition) is 2. The van der Waals surface area contributed by atoms with Crippen molar-refractivity contribution in [2.45, 2.75) is 38.5 Å². The molecule has 0 radical (unpaired) electrons. The third kappa shape index (κ3) is 7.33. The topological polar surface area (TPSA) is 63.2 Å². The standard InChI is InChI=1S/C20H38N6O.HI/c1-21-20(22-8-12-24-10-3-2-4-11-24)23-9-13-25-14-16-26(17-15-25)19(27)18-6-5-7-18;/h18H,2-17H2,1H3,(H2,21,22,23);1H. The number of carbonyl (C=O) groups is 1. The Bertz CT molecular complexity index is 485. The van der Waals surface area contributed by atoms with E-state index in [0.29, 0.717) is 11.8 Å². The van der Waals surface area contributed by atoms with Crippen LogP contribution >= 0.6 is 24.0 Å². The second-order valence-corrected chi connectivity index (χ2v) is 8.12. The molecule has 7 nitrogen and oxygen atoms in total. The first kappa shape index (κ1) is 23.7. The summed E-state index contributed by atoms with van der Waals surface area (Å²) in [5.41, 5.74) is 0. The van der Waals surface area contributed by atoms with Gasteiger partial charge in [0.15, 0.2) is 5.96 Å². The number of rotatable bonds is 7. The van der Waals surface area contributed by atoms with Crippen molar-refractivity contribution >= 4 is 35.8 Å². The fourth-order valence-corrected chi connectivity index (χ4v) is 4.17. The number of likely N-dealkylation sites (tertiary alicyclic amines) is 1. The summed E-state index contributed by atoms with van der Waals surface area (Å²) < 4.78 is 0. The van der Waals surface area contributed by atoms with Crippen molar-refractivity contribution < 1.29 is 4.79 Å². The van der Waals surface area contributed by atoms with E-state index >= 15 is 0 Å². The molecule has 1 saturated carbocycles. The van der Waals surface area contributed by atoms with E-state index in [2.05, 4.69) is 30.3 Å². The highest BCUT2D eigenvalue weighted by molar-refractivity contribution is 14.0. The Balaban J connectivity index is 0.00000280.